The number of benzene rings is 1. The van der Waals surface area contributed by atoms with Crippen molar-refractivity contribution in [1.82, 2.24) is 9.88 Å². The number of nitrogens with two attached hydrogens (primary N) is 1. The van der Waals surface area contributed by atoms with Gasteiger partial charge in [-0.3, -0.25) is 9.29 Å². The van der Waals surface area contributed by atoms with E-state index in [1.54, 1.807) is 16.9 Å². The number of hydrogen-bond donors (Lipinski definition) is 1. The van der Waals surface area contributed by atoms with E-state index in [0.29, 0.717) is 23.0 Å². The van der Waals surface area contributed by atoms with Crippen LogP contribution in [0, 0.1) is 5.92 Å². The molecule has 28 heavy (non-hydrogen) atoms. The van der Waals surface area contributed by atoms with Crippen molar-refractivity contribution in [3.8, 4) is 0 Å². The Balaban J connectivity index is 0.000000934. The van der Waals surface area contributed by atoms with Crippen molar-refractivity contribution in [3.05, 3.63) is 23.3 Å². The maximum Gasteiger partial charge on any atom is 0.181 e. The number of aromatic nitrogens is 1. The zero-order valence-corrected chi connectivity index (χ0v) is 19.1. The third kappa shape index (κ3) is 3.62. The Bertz CT molecular complexity index is 817. The minimum atomic E-state index is -0.198. The SMILES string of the molecule is Cl.Cl.Cl.Nc1nc2cc3c(cc2s1)C[C@@H]1[C@@H]2CCCC[C@]32CCN1CCCF. The van der Waals surface area contributed by atoms with E-state index >= 15 is 0 Å². The first-order valence-corrected chi connectivity index (χ1v) is 10.5. The van der Waals surface area contributed by atoms with E-state index in [-0.39, 0.29) is 43.9 Å². The average Bonchev–Trinajstić information content (AvgIpc) is 2.98. The Morgan fingerprint density at radius 2 is 2.04 bits per heavy atom. The molecule has 1 aliphatic heterocycles. The monoisotopic (exact) mass is 467 g/mol. The van der Waals surface area contributed by atoms with Crippen LogP contribution in [0.1, 0.15) is 49.7 Å². The van der Waals surface area contributed by atoms with E-state index in [4.69, 9.17) is 5.73 Å². The quantitative estimate of drug-likeness (QED) is 0.641. The Morgan fingerprint density at radius 3 is 2.82 bits per heavy atom. The molecule has 8 heteroatoms. The van der Waals surface area contributed by atoms with E-state index in [0.717, 1.165) is 30.9 Å². The third-order valence-corrected chi connectivity index (χ3v) is 7.90. The van der Waals surface area contributed by atoms with Crippen molar-refractivity contribution in [1.29, 1.82) is 0 Å². The predicted octanol–water partition coefficient (Wildman–Crippen LogP) is 5.56. The molecule has 1 saturated heterocycles. The second kappa shape index (κ2) is 9.22. The van der Waals surface area contributed by atoms with Gasteiger partial charge in [0.2, 0.25) is 0 Å². The molecule has 2 aliphatic carbocycles. The summed E-state index contributed by atoms with van der Waals surface area (Å²) in [6.07, 6.45) is 8.33. The molecule has 2 bridgehead atoms. The summed E-state index contributed by atoms with van der Waals surface area (Å²) in [5.74, 6) is 0.732. The van der Waals surface area contributed by atoms with Gasteiger partial charge >= 0.3 is 0 Å². The predicted molar refractivity (Wildman–Crippen MR) is 124 cm³/mol. The Kier molecular flexibility index (Phi) is 7.88. The summed E-state index contributed by atoms with van der Waals surface area (Å²) < 4.78 is 14.0. The molecule has 2 N–H and O–H groups in total. The van der Waals surface area contributed by atoms with E-state index in [1.807, 2.05) is 0 Å². The topological polar surface area (TPSA) is 42.1 Å². The van der Waals surface area contributed by atoms with Gasteiger partial charge in [-0.2, -0.15) is 0 Å². The highest BCUT2D eigenvalue weighted by molar-refractivity contribution is 7.22. The van der Waals surface area contributed by atoms with Gasteiger partial charge in [-0.05, 0) is 67.8 Å². The van der Waals surface area contributed by atoms with E-state index in [1.165, 1.54) is 42.4 Å². The van der Waals surface area contributed by atoms with Crippen LogP contribution in [-0.2, 0) is 11.8 Å². The molecule has 3 nitrogen and oxygen atoms in total. The smallest absolute Gasteiger partial charge is 0.181 e. The molecule has 5 rings (SSSR count). The van der Waals surface area contributed by atoms with Crippen molar-refractivity contribution >= 4 is 63.9 Å². The second-order valence-corrected chi connectivity index (χ2v) is 9.20. The number of halogens is 4. The fourth-order valence-electron chi connectivity index (χ4n) is 6.07. The number of likely N-dealkylation sites (tertiary alicyclic amines) is 1. The molecule has 1 aromatic heterocycles. The lowest BCUT2D eigenvalue weighted by Gasteiger charge is -2.59. The van der Waals surface area contributed by atoms with Crippen LogP contribution >= 0.6 is 48.6 Å². The maximum absolute atomic E-state index is 12.8. The Morgan fingerprint density at radius 1 is 1.21 bits per heavy atom. The third-order valence-electron chi connectivity index (χ3n) is 7.05. The van der Waals surface area contributed by atoms with Crippen molar-refractivity contribution in [2.24, 2.45) is 5.92 Å². The van der Waals surface area contributed by atoms with E-state index in [2.05, 4.69) is 22.0 Å². The minimum Gasteiger partial charge on any atom is -0.375 e. The first-order valence-electron chi connectivity index (χ1n) is 9.71. The number of fused-ring (bicyclic) bond motifs is 2. The van der Waals surface area contributed by atoms with Gasteiger partial charge in [-0.25, -0.2) is 4.98 Å². The number of piperidine rings is 1. The largest absolute Gasteiger partial charge is 0.375 e. The average molecular weight is 469 g/mol. The molecular formula is C20H29Cl3FN3S. The summed E-state index contributed by atoms with van der Waals surface area (Å²) in [7, 11) is 0. The number of rotatable bonds is 3. The number of thiazole rings is 1. The van der Waals surface area contributed by atoms with Crippen molar-refractivity contribution < 1.29 is 4.39 Å². The van der Waals surface area contributed by atoms with E-state index < -0.39 is 0 Å². The zero-order chi connectivity index (χ0) is 17.0. The van der Waals surface area contributed by atoms with Gasteiger partial charge in [-0.1, -0.05) is 24.2 Å². The van der Waals surface area contributed by atoms with Gasteiger partial charge in [0.25, 0.3) is 0 Å². The van der Waals surface area contributed by atoms with Crippen molar-refractivity contribution in [2.75, 3.05) is 25.5 Å². The van der Waals surface area contributed by atoms with E-state index in [9.17, 15) is 4.39 Å². The molecule has 2 heterocycles. The van der Waals surface area contributed by atoms with Gasteiger partial charge in [-0.15, -0.1) is 37.2 Å². The van der Waals surface area contributed by atoms with Crippen molar-refractivity contribution in [3.63, 3.8) is 0 Å². The molecule has 0 spiro atoms. The minimum absolute atomic E-state index is 0. The summed E-state index contributed by atoms with van der Waals surface area (Å²) in [6, 6.07) is 5.32. The highest BCUT2D eigenvalue weighted by Gasteiger charge is 2.53. The first kappa shape index (κ1) is 23.9. The molecule has 1 aromatic carbocycles. The van der Waals surface area contributed by atoms with Crippen LogP contribution < -0.4 is 5.73 Å². The fourth-order valence-corrected chi connectivity index (χ4v) is 6.85. The number of hydrogen-bond acceptors (Lipinski definition) is 4. The fraction of sp³-hybridized carbons (Fsp3) is 0.650. The molecule has 158 valence electrons. The van der Waals surface area contributed by atoms with Crippen molar-refractivity contribution in [2.45, 2.75) is 56.4 Å². The summed E-state index contributed by atoms with van der Waals surface area (Å²) in [5.41, 5.74) is 10.4. The van der Waals surface area contributed by atoms with Crippen LogP contribution in [0.15, 0.2) is 12.1 Å². The molecule has 2 aromatic rings. The number of nitrogen functional groups attached to an aromatic ring is 1. The van der Waals surface area contributed by atoms with Gasteiger partial charge in [0, 0.05) is 18.0 Å². The highest BCUT2D eigenvalue weighted by Crippen LogP contribution is 2.56. The lowest BCUT2D eigenvalue weighted by Crippen LogP contribution is -2.61. The van der Waals surface area contributed by atoms with Crippen LogP contribution in [0.2, 0.25) is 0 Å². The van der Waals surface area contributed by atoms with Crippen LogP contribution in [0.4, 0.5) is 9.52 Å². The van der Waals surface area contributed by atoms with Crippen LogP contribution in [-0.4, -0.2) is 35.7 Å². The molecule has 0 amide bonds. The number of nitrogens with zero attached hydrogens (tertiary/aromatic N) is 2. The lowest BCUT2D eigenvalue weighted by atomic mass is 9.52. The van der Waals surface area contributed by atoms with Gasteiger partial charge in [0.15, 0.2) is 5.13 Å². The normalized spacial score (nSPS) is 28.3. The second-order valence-electron chi connectivity index (χ2n) is 8.14. The number of anilines is 1. The molecule has 0 radical (unpaired) electrons. The lowest BCUT2D eigenvalue weighted by molar-refractivity contribution is -0.0121. The molecule has 2 fully saturated rings. The van der Waals surface area contributed by atoms with Crippen LogP contribution in [0.5, 0.6) is 0 Å². The molecular weight excluding hydrogens is 440 g/mol. The molecule has 0 unspecified atom stereocenters. The van der Waals surface area contributed by atoms with Crippen LogP contribution in [0.25, 0.3) is 10.2 Å². The summed E-state index contributed by atoms with van der Waals surface area (Å²) in [4.78, 5) is 7.16. The molecule has 3 aliphatic rings. The molecule has 3 atom stereocenters. The number of alkyl halides is 1. The first-order chi connectivity index (χ1) is 12.2. The molecule has 1 saturated carbocycles. The van der Waals surface area contributed by atoms with Gasteiger partial charge in [0.1, 0.15) is 0 Å². The standard InChI is InChI=1S/C20H26FN3S.3ClH/c21-7-3-8-24-9-6-20-5-2-1-4-14(20)17(24)10-13-11-18-16(12-15(13)20)23-19(22)25-18;;;/h11-12,14,17H,1-10H2,(H2,22,23);3*1H/t14-,17+,20+;;;/m0.../s1. The zero-order valence-electron chi connectivity index (χ0n) is 15.9. The maximum atomic E-state index is 12.8. The van der Waals surface area contributed by atoms with Gasteiger partial charge < -0.3 is 5.73 Å². The highest BCUT2D eigenvalue weighted by atomic mass is 35.5. The van der Waals surface area contributed by atoms with Gasteiger partial charge in [0.05, 0.1) is 16.9 Å². The Hall–Kier alpha value is -0.330. The summed E-state index contributed by atoms with van der Waals surface area (Å²) in [5, 5.41) is 0.669. The summed E-state index contributed by atoms with van der Waals surface area (Å²) in [6.45, 7) is 1.84. The summed E-state index contributed by atoms with van der Waals surface area (Å²) >= 11 is 1.60. The Labute approximate surface area is 188 Å². The van der Waals surface area contributed by atoms with Crippen LogP contribution in [0.3, 0.4) is 0 Å².